The number of anilines is 1. The summed E-state index contributed by atoms with van der Waals surface area (Å²) >= 11 is 5.87. The minimum Gasteiger partial charge on any atom is -0.378 e. The number of benzene rings is 2. The lowest BCUT2D eigenvalue weighted by Crippen LogP contribution is -2.41. The number of carbonyl (C=O) groups is 1. The van der Waals surface area contributed by atoms with E-state index in [1.54, 1.807) is 17.9 Å². The van der Waals surface area contributed by atoms with Gasteiger partial charge >= 0.3 is 0 Å². The van der Waals surface area contributed by atoms with Crippen LogP contribution < -0.4 is 5.32 Å². The maximum atomic E-state index is 13.5. The van der Waals surface area contributed by atoms with Crippen LogP contribution in [0.15, 0.2) is 54.9 Å². The van der Waals surface area contributed by atoms with Gasteiger partial charge in [-0.3, -0.25) is 4.79 Å². The molecule has 3 fully saturated rings. The molecule has 202 valence electrons. The topological polar surface area (TPSA) is 87.4 Å². The van der Waals surface area contributed by atoms with Gasteiger partial charge in [0.05, 0.1) is 17.0 Å². The van der Waals surface area contributed by atoms with Gasteiger partial charge in [-0.1, -0.05) is 53.8 Å². The maximum absolute atomic E-state index is 13.5. The summed E-state index contributed by atoms with van der Waals surface area (Å²) in [4.78, 5) is 17.7. The van der Waals surface area contributed by atoms with Crippen LogP contribution in [0.5, 0.6) is 0 Å². The van der Waals surface area contributed by atoms with Crippen LogP contribution in [0.1, 0.15) is 72.1 Å². The molecule has 3 aliphatic rings. The first kappa shape index (κ1) is 26.1. The Morgan fingerprint density at radius 2 is 1.67 bits per heavy atom. The zero-order valence-corrected chi connectivity index (χ0v) is 22.5. The fraction of sp³-hybridized carbons (Fsp3) is 0.419. The summed E-state index contributed by atoms with van der Waals surface area (Å²) in [5.41, 5.74) is 0.696. The van der Waals surface area contributed by atoms with Crippen LogP contribution in [0.3, 0.4) is 0 Å². The third-order valence-corrected chi connectivity index (χ3v) is 9.04. The molecule has 1 amide bonds. The molecule has 8 heteroatoms. The number of hydrogen-bond donors (Lipinski definition) is 3. The van der Waals surface area contributed by atoms with Gasteiger partial charge in [-0.15, -0.1) is 0 Å². The molecule has 3 aliphatic carbocycles. The molecule has 1 aromatic heterocycles. The first-order valence-electron chi connectivity index (χ1n) is 13.4. The molecule has 3 N–H and O–H groups in total. The highest BCUT2D eigenvalue weighted by atomic mass is 35.5. The van der Waals surface area contributed by atoms with Gasteiger partial charge in [0.2, 0.25) is 0 Å². The van der Waals surface area contributed by atoms with E-state index in [4.69, 9.17) is 11.6 Å². The number of carbonyl (C=O) groups excluding carboxylic acids is 1. The molecule has 3 aromatic rings. The van der Waals surface area contributed by atoms with Crippen molar-refractivity contribution in [3.63, 3.8) is 0 Å². The molecule has 0 saturated heterocycles. The molecule has 6 rings (SSSR count). The van der Waals surface area contributed by atoms with Crippen molar-refractivity contribution in [2.24, 2.45) is 18.9 Å². The van der Waals surface area contributed by atoms with Gasteiger partial charge in [-0.05, 0) is 80.0 Å². The zero-order chi connectivity index (χ0) is 27.4. The minimum atomic E-state index is -1.10. The van der Waals surface area contributed by atoms with E-state index in [9.17, 15) is 19.4 Å². The van der Waals surface area contributed by atoms with Gasteiger partial charge in [-0.2, -0.15) is 0 Å². The molecule has 1 heterocycles. The third kappa shape index (κ3) is 5.09. The summed E-state index contributed by atoms with van der Waals surface area (Å²) in [6.07, 6.45) is 5.56. The van der Waals surface area contributed by atoms with Crippen LogP contribution in [0.4, 0.5) is 10.1 Å². The summed E-state index contributed by atoms with van der Waals surface area (Å²) in [5.74, 6) is 6.16. The van der Waals surface area contributed by atoms with Gasteiger partial charge in [0.1, 0.15) is 22.7 Å². The Balaban J connectivity index is 1.10. The van der Waals surface area contributed by atoms with Crippen molar-refractivity contribution < 1.29 is 19.4 Å². The summed E-state index contributed by atoms with van der Waals surface area (Å²) in [6.45, 7) is 0. The molecule has 0 bridgehead atoms. The summed E-state index contributed by atoms with van der Waals surface area (Å²) in [5, 5.41) is 24.9. The summed E-state index contributed by atoms with van der Waals surface area (Å²) < 4.78 is 15.2. The molecule has 2 aromatic carbocycles. The Labute approximate surface area is 232 Å². The Bertz CT molecular complexity index is 1460. The Morgan fingerprint density at radius 1 is 1.03 bits per heavy atom. The summed E-state index contributed by atoms with van der Waals surface area (Å²) in [7, 11) is 1.78. The Hall–Kier alpha value is -3.18. The van der Waals surface area contributed by atoms with Gasteiger partial charge in [0.15, 0.2) is 0 Å². The van der Waals surface area contributed by atoms with Crippen molar-refractivity contribution in [2.75, 3.05) is 5.32 Å². The number of aromatic nitrogens is 2. The molecule has 6 nitrogen and oxygen atoms in total. The fourth-order valence-corrected chi connectivity index (χ4v) is 7.01. The maximum Gasteiger partial charge on any atom is 0.274 e. The number of amides is 1. The molecule has 0 spiro atoms. The van der Waals surface area contributed by atoms with E-state index in [1.807, 2.05) is 18.2 Å². The molecular weight excluding hydrogens is 517 g/mol. The molecule has 0 aliphatic heterocycles. The molecule has 2 atom stereocenters. The molecule has 0 radical (unpaired) electrons. The number of imidazole rings is 1. The van der Waals surface area contributed by atoms with E-state index in [0.717, 1.165) is 18.5 Å². The number of nitrogens with one attached hydrogen (secondary N) is 1. The predicted octanol–water partition coefficient (Wildman–Crippen LogP) is 5.41. The van der Waals surface area contributed by atoms with E-state index in [0.29, 0.717) is 43.0 Å². The molecule has 2 unspecified atom stereocenters. The van der Waals surface area contributed by atoms with Crippen LogP contribution >= 0.6 is 11.6 Å². The number of hydrogen-bond acceptors (Lipinski definition) is 4. The normalized spacial score (nSPS) is 31.2. The number of fused-ring (bicyclic) bond motifs is 1. The third-order valence-electron chi connectivity index (χ3n) is 8.75. The van der Waals surface area contributed by atoms with Crippen LogP contribution in [0.25, 0.3) is 0 Å². The second-order valence-electron chi connectivity index (χ2n) is 11.6. The molecular formula is C31H31ClFN3O3. The highest BCUT2D eigenvalue weighted by molar-refractivity contribution is 6.31. The lowest BCUT2D eigenvalue weighted by molar-refractivity contribution is 0.00464. The minimum absolute atomic E-state index is 0.0577. The second kappa shape index (κ2) is 9.78. The van der Waals surface area contributed by atoms with E-state index in [1.165, 1.54) is 23.8 Å². The van der Waals surface area contributed by atoms with Gasteiger partial charge in [0, 0.05) is 18.7 Å². The highest BCUT2D eigenvalue weighted by Crippen LogP contribution is 2.54. The van der Waals surface area contributed by atoms with Crippen LogP contribution in [-0.4, -0.2) is 36.9 Å². The Morgan fingerprint density at radius 3 is 2.31 bits per heavy atom. The lowest BCUT2D eigenvalue weighted by atomic mass is 9.68. The van der Waals surface area contributed by atoms with E-state index >= 15 is 0 Å². The standard InChI is InChI=1S/C31H31ClFN3O3/c1-36-18-34-27(28(36)29(37)35-24-7-8-26(33)25(32)13-24)20-11-21-14-30(38,15-22(21)12-20)9-10-31(39)16-23(17-31)19-5-3-2-4-6-19/h2-8,13,18,20-23,38-39H,11-12,14-17H2,1H3,(H,35,37). The van der Waals surface area contributed by atoms with Crippen molar-refractivity contribution >= 4 is 23.2 Å². The average molecular weight is 548 g/mol. The van der Waals surface area contributed by atoms with Crippen molar-refractivity contribution in [3.05, 3.63) is 82.6 Å². The van der Waals surface area contributed by atoms with Crippen molar-refractivity contribution in [1.29, 1.82) is 0 Å². The van der Waals surface area contributed by atoms with E-state index in [2.05, 4.69) is 34.3 Å². The molecule has 39 heavy (non-hydrogen) atoms. The SMILES string of the molecule is Cn1cnc(C2CC3CC(O)(C#CC4(O)CC(c5ccccc5)C4)CC3C2)c1C(=O)Nc1ccc(F)c(Cl)c1. The van der Waals surface area contributed by atoms with Crippen molar-refractivity contribution in [1.82, 2.24) is 9.55 Å². The highest BCUT2D eigenvalue weighted by Gasteiger charge is 2.50. The fourth-order valence-electron chi connectivity index (χ4n) is 6.83. The summed E-state index contributed by atoms with van der Waals surface area (Å²) in [6, 6.07) is 14.2. The van der Waals surface area contributed by atoms with Crippen LogP contribution in [-0.2, 0) is 7.05 Å². The lowest BCUT2D eigenvalue weighted by Gasteiger charge is -2.40. The average Bonchev–Trinajstić information content (AvgIpc) is 3.55. The first-order valence-corrected chi connectivity index (χ1v) is 13.8. The van der Waals surface area contributed by atoms with E-state index in [-0.39, 0.29) is 28.7 Å². The predicted molar refractivity (Wildman–Crippen MR) is 147 cm³/mol. The molecule has 3 saturated carbocycles. The Kier molecular flexibility index (Phi) is 6.53. The smallest absolute Gasteiger partial charge is 0.274 e. The largest absolute Gasteiger partial charge is 0.378 e. The zero-order valence-electron chi connectivity index (χ0n) is 21.7. The van der Waals surface area contributed by atoms with Gasteiger partial charge in [0.25, 0.3) is 5.91 Å². The van der Waals surface area contributed by atoms with Crippen LogP contribution in [0.2, 0.25) is 5.02 Å². The second-order valence-corrected chi connectivity index (χ2v) is 12.0. The number of halogens is 2. The first-order chi connectivity index (χ1) is 18.6. The van der Waals surface area contributed by atoms with Crippen molar-refractivity contribution in [3.8, 4) is 11.8 Å². The number of rotatable bonds is 4. The number of nitrogens with zero attached hydrogens (tertiary/aromatic N) is 2. The van der Waals surface area contributed by atoms with Crippen LogP contribution in [0, 0.1) is 29.5 Å². The van der Waals surface area contributed by atoms with Gasteiger partial charge < -0.3 is 20.1 Å². The monoisotopic (exact) mass is 547 g/mol. The van der Waals surface area contributed by atoms with E-state index < -0.39 is 17.0 Å². The van der Waals surface area contributed by atoms with Crippen molar-refractivity contribution in [2.45, 2.75) is 61.6 Å². The number of aryl methyl sites for hydroxylation is 1. The quantitative estimate of drug-likeness (QED) is 0.381. The van der Waals surface area contributed by atoms with Gasteiger partial charge in [-0.25, -0.2) is 9.37 Å². The number of aliphatic hydroxyl groups is 2.